The van der Waals surface area contributed by atoms with E-state index in [1.165, 1.54) is 5.57 Å². The van der Waals surface area contributed by atoms with Crippen LogP contribution in [0.2, 0.25) is 0 Å². The van der Waals surface area contributed by atoms with E-state index in [1.807, 2.05) is 13.8 Å². The molecule has 0 aromatic heterocycles. The molecule has 4 atom stereocenters. The average Bonchev–Trinajstić information content (AvgIpc) is 2.45. The zero-order chi connectivity index (χ0) is 11.8. The fraction of sp³-hybridized carbons (Fsp3) is 0.846. The lowest BCUT2D eigenvalue weighted by Gasteiger charge is -2.38. The molecule has 3 nitrogen and oxygen atoms in total. The van der Waals surface area contributed by atoms with Crippen molar-refractivity contribution >= 4 is 0 Å². The monoisotopic (exact) mass is 224 g/mol. The standard InChI is InChI=1S/C13H20O3/c1-8-6-12(4)9-10(13(5,7-8)16-12)15-11(2,3)14-9/h6,9-10H,7H2,1-5H3/t9-,10+,12+,13-/m0/s1. The topological polar surface area (TPSA) is 27.7 Å². The molecule has 0 amide bonds. The number of hydrogen-bond donors (Lipinski definition) is 0. The summed E-state index contributed by atoms with van der Waals surface area (Å²) in [5.41, 5.74) is 0.817. The summed E-state index contributed by atoms with van der Waals surface area (Å²) in [5, 5.41) is 0. The highest BCUT2D eigenvalue weighted by atomic mass is 16.8. The van der Waals surface area contributed by atoms with Gasteiger partial charge in [-0.05, 0) is 41.0 Å². The van der Waals surface area contributed by atoms with Gasteiger partial charge in [0.05, 0.1) is 5.60 Å². The molecule has 0 saturated carbocycles. The van der Waals surface area contributed by atoms with Crippen molar-refractivity contribution in [3.05, 3.63) is 11.6 Å². The normalized spacial score (nSPS) is 53.7. The first-order valence-corrected chi connectivity index (χ1v) is 5.98. The van der Waals surface area contributed by atoms with Crippen molar-refractivity contribution in [2.45, 2.75) is 70.2 Å². The molecule has 0 N–H and O–H groups in total. The van der Waals surface area contributed by atoms with E-state index < -0.39 is 5.79 Å². The van der Waals surface area contributed by atoms with E-state index in [-0.39, 0.29) is 23.4 Å². The maximum absolute atomic E-state index is 6.18. The van der Waals surface area contributed by atoms with Gasteiger partial charge in [0, 0.05) is 0 Å². The molecule has 3 heterocycles. The predicted molar refractivity (Wildman–Crippen MR) is 60.1 cm³/mol. The largest absolute Gasteiger partial charge is 0.359 e. The molecular formula is C13H20O3. The smallest absolute Gasteiger partial charge is 0.164 e. The summed E-state index contributed by atoms with van der Waals surface area (Å²) in [6.45, 7) is 10.3. The highest BCUT2D eigenvalue weighted by Gasteiger charge is 2.66. The van der Waals surface area contributed by atoms with Crippen LogP contribution in [-0.2, 0) is 14.2 Å². The second-order valence-corrected chi connectivity index (χ2v) is 6.24. The summed E-state index contributed by atoms with van der Waals surface area (Å²) in [6, 6.07) is 0. The molecule has 2 bridgehead atoms. The van der Waals surface area contributed by atoms with E-state index in [1.54, 1.807) is 0 Å². The average molecular weight is 224 g/mol. The minimum absolute atomic E-state index is 0.0185. The predicted octanol–water partition coefficient (Wildman–Crippen LogP) is 2.40. The van der Waals surface area contributed by atoms with Crippen LogP contribution < -0.4 is 0 Å². The van der Waals surface area contributed by atoms with Crippen LogP contribution in [0.1, 0.15) is 41.0 Å². The van der Waals surface area contributed by atoms with E-state index in [0.29, 0.717) is 0 Å². The lowest BCUT2D eigenvalue weighted by molar-refractivity contribution is -0.220. The Morgan fingerprint density at radius 2 is 1.75 bits per heavy atom. The van der Waals surface area contributed by atoms with Gasteiger partial charge in [-0.15, -0.1) is 0 Å². The first-order chi connectivity index (χ1) is 7.24. The lowest BCUT2D eigenvalue weighted by atomic mass is 9.92. The lowest BCUT2D eigenvalue weighted by Crippen LogP contribution is -2.42. The van der Waals surface area contributed by atoms with Gasteiger partial charge in [-0.3, -0.25) is 0 Å². The Hall–Kier alpha value is -0.380. The van der Waals surface area contributed by atoms with Crippen molar-refractivity contribution in [3.63, 3.8) is 0 Å². The van der Waals surface area contributed by atoms with Crippen LogP contribution in [-0.4, -0.2) is 29.2 Å². The van der Waals surface area contributed by atoms with Crippen molar-refractivity contribution in [1.29, 1.82) is 0 Å². The molecule has 3 heteroatoms. The molecule has 0 aromatic rings. The van der Waals surface area contributed by atoms with Crippen LogP contribution in [0.3, 0.4) is 0 Å². The molecule has 0 spiro atoms. The summed E-state index contributed by atoms with van der Waals surface area (Å²) in [7, 11) is 0. The molecule has 0 aliphatic carbocycles. The Balaban J connectivity index is 2.05. The summed E-state index contributed by atoms with van der Waals surface area (Å²) in [4.78, 5) is 0. The van der Waals surface area contributed by atoms with Crippen molar-refractivity contribution in [2.75, 3.05) is 0 Å². The third kappa shape index (κ3) is 1.25. The van der Waals surface area contributed by atoms with Crippen LogP contribution in [0, 0.1) is 0 Å². The Labute approximate surface area is 96.8 Å². The highest BCUT2D eigenvalue weighted by Crippen LogP contribution is 2.54. The highest BCUT2D eigenvalue weighted by molar-refractivity contribution is 5.28. The SMILES string of the molecule is CC1=C[C@@]2(C)O[C@@](C)(C1)[C@@H]1OC(C)(C)O[C@@H]12. The van der Waals surface area contributed by atoms with E-state index in [0.717, 1.165) is 6.42 Å². The number of rotatable bonds is 0. The van der Waals surface area contributed by atoms with Crippen LogP contribution in [0.25, 0.3) is 0 Å². The van der Waals surface area contributed by atoms with Gasteiger partial charge >= 0.3 is 0 Å². The first-order valence-electron chi connectivity index (χ1n) is 5.98. The van der Waals surface area contributed by atoms with Crippen LogP contribution in [0.15, 0.2) is 11.6 Å². The van der Waals surface area contributed by atoms with Gasteiger partial charge in [-0.25, -0.2) is 0 Å². The first kappa shape index (κ1) is 10.8. The van der Waals surface area contributed by atoms with E-state index in [9.17, 15) is 0 Å². The van der Waals surface area contributed by atoms with Crippen LogP contribution >= 0.6 is 0 Å². The minimum Gasteiger partial charge on any atom is -0.359 e. The molecule has 3 aliphatic rings. The molecule has 3 rings (SSSR count). The van der Waals surface area contributed by atoms with Crippen molar-refractivity contribution in [1.82, 2.24) is 0 Å². The summed E-state index contributed by atoms with van der Waals surface area (Å²) >= 11 is 0. The molecule has 3 aliphatic heterocycles. The molecule has 0 unspecified atom stereocenters. The van der Waals surface area contributed by atoms with E-state index in [4.69, 9.17) is 14.2 Å². The molecule has 16 heavy (non-hydrogen) atoms. The second kappa shape index (κ2) is 2.71. The Morgan fingerprint density at radius 1 is 1.12 bits per heavy atom. The van der Waals surface area contributed by atoms with Crippen molar-refractivity contribution < 1.29 is 14.2 Å². The van der Waals surface area contributed by atoms with E-state index in [2.05, 4.69) is 26.8 Å². The Kier molecular flexibility index (Phi) is 1.82. The summed E-state index contributed by atoms with van der Waals surface area (Å²) < 4.78 is 18.2. The third-order valence-electron chi connectivity index (χ3n) is 3.88. The van der Waals surface area contributed by atoms with Crippen molar-refractivity contribution in [3.8, 4) is 0 Å². The van der Waals surface area contributed by atoms with Crippen LogP contribution in [0.5, 0.6) is 0 Å². The number of ether oxygens (including phenoxy) is 3. The molecule has 0 aromatic carbocycles. The van der Waals surface area contributed by atoms with Crippen LogP contribution in [0.4, 0.5) is 0 Å². The minimum atomic E-state index is -0.485. The molecule has 2 fully saturated rings. The van der Waals surface area contributed by atoms with E-state index >= 15 is 0 Å². The van der Waals surface area contributed by atoms with Gasteiger partial charge in [0.25, 0.3) is 0 Å². The van der Waals surface area contributed by atoms with Crippen molar-refractivity contribution in [2.24, 2.45) is 0 Å². The zero-order valence-electron chi connectivity index (χ0n) is 10.7. The fourth-order valence-electron chi connectivity index (χ4n) is 3.59. The van der Waals surface area contributed by atoms with Gasteiger partial charge in [0.1, 0.15) is 17.8 Å². The van der Waals surface area contributed by atoms with Gasteiger partial charge < -0.3 is 14.2 Å². The maximum atomic E-state index is 6.18. The van der Waals surface area contributed by atoms with Gasteiger partial charge in [0.2, 0.25) is 0 Å². The maximum Gasteiger partial charge on any atom is 0.164 e. The molecule has 2 saturated heterocycles. The number of fused-ring (bicyclic) bond motifs is 5. The quantitative estimate of drug-likeness (QED) is 0.591. The summed E-state index contributed by atoms with van der Waals surface area (Å²) in [6.07, 6.45) is 3.19. The van der Waals surface area contributed by atoms with Gasteiger partial charge in [0.15, 0.2) is 5.79 Å². The fourth-order valence-corrected chi connectivity index (χ4v) is 3.59. The third-order valence-corrected chi connectivity index (χ3v) is 3.88. The number of hydrogen-bond acceptors (Lipinski definition) is 3. The Morgan fingerprint density at radius 3 is 2.44 bits per heavy atom. The molecule has 0 radical (unpaired) electrons. The Bertz CT molecular complexity index is 373. The summed E-state index contributed by atoms with van der Waals surface area (Å²) in [5.74, 6) is -0.485. The molecule has 90 valence electrons. The second-order valence-electron chi connectivity index (χ2n) is 6.24. The van der Waals surface area contributed by atoms with Gasteiger partial charge in [-0.1, -0.05) is 11.6 Å². The van der Waals surface area contributed by atoms with Gasteiger partial charge in [-0.2, -0.15) is 0 Å². The molecular weight excluding hydrogens is 204 g/mol. The zero-order valence-corrected chi connectivity index (χ0v) is 10.7.